The minimum Gasteiger partial charge on any atom is -0.497 e. The number of rotatable bonds is 6. The largest absolute Gasteiger partial charge is 0.497 e. The number of ether oxygens (including phenoxy) is 3. The van der Waals surface area contributed by atoms with Gasteiger partial charge in [0.2, 0.25) is 12.7 Å². The molecule has 0 radical (unpaired) electrons. The number of amides is 2. The summed E-state index contributed by atoms with van der Waals surface area (Å²) in [6.07, 6.45) is 1.89. The maximum Gasteiger partial charge on any atom is 0.266 e. The van der Waals surface area contributed by atoms with E-state index in [0.717, 1.165) is 5.56 Å². The van der Waals surface area contributed by atoms with Crippen LogP contribution in [0.25, 0.3) is 6.08 Å². The number of fused-ring (bicyclic) bond motifs is 1. The van der Waals surface area contributed by atoms with Gasteiger partial charge in [-0.1, -0.05) is 36.1 Å². The first-order valence-electron chi connectivity index (χ1n) is 9.12. The molecule has 4 rings (SSSR count). The van der Waals surface area contributed by atoms with E-state index in [0.29, 0.717) is 32.2 Å². The van der Waals surface area contributed by atoms with Gasteiger partial charge in [-0.15, -0.1) is 0 Å². The molecule has 2 heterocycles. The summed E-state index contributed by atoms with van der Waals surface area (Å²) in [6.45, 7) is 0.400. The number of nitrogens with zero attached hydrogens (tertiary/aromatic N) is 1. The molecule has 7 nitrogen and oxygen atoms in total. The molecule has 0 aliphatic carbocycles. The molecule has 30 heavy (non-hydrogen) atoms. The van der Waals surface area contributed by atoms with E-state index < -0.39 is 0 Å². The second kappa shape index (κ2) is 8.76. The van der Waals surface area contributed by atoms with Gasteiger partial charge in [0, 0.05) is 24.7 Å². The molecule has 154 valence electrons. The lowest BCUT2D eigenvalue weighted by molar-refractivity contribution is -0.122. The van der Waals surface area contributed by atoms with Gasteiger partial charge < -0.3 is 19.5 Å². The first-order chi connectivity index (χ1) is 14.5. The highest BCUT2D eigenvalue weighted by atomic mass is 32.2. The first-order valence-corrected chi connectivity index (χ1v) is 10.3. The minimum atomic E-state index is -0.211. The van der Waals surface area contributed by atoms with Crippen molar-refractivity contribution < 1.29 is 23.8 Å². The lowest BCUT2D eigenvalue weighted by Gasteiger charge is -2.14. The molecular formula is C21H18N2O5S2. The van der Waals surface area contributed by atoms with Crippen LogP contribution in [-0.2, 0) is 9.59 Å². The van der Waals surface area contributed by atoms with Crippen molar-refractivity contribution in [1.82, 2.24) is 4.90 Å². The molecule has 0 atom stereocenters. The summed E-state index contributed by atoms with van der Waals surface area (Å²) >= 11 is 6.56. The molecule has 2 amide bonds. The molecule has 2 aliphatic rings. The highest BCUT2D eigenvalue weighted by Gasteiger charge is 2.32. The van der Waals surface area contributed by atoms with Crippen molar-refractivity contribution in [2.75, 3.05) is 25.8 Å². The van der Waals surface area contributed by atoms with E-state index in [1.54, 1.807) is 43.5 Å². The number of hydrogen-bond acceptors (Lipinski definition) is 7. The van der Waals surface area contributed by atoms with Crippen LogP contribution in [0.3, 0.4) is 0 Å². The van der Waals surface area contributed by atoms with Gasteiger partial charge in [-0.05, 0) is 35.9 Å². The Hall–Kier alpha value is -3.04. The number of benzene rings is 2. The summed E-state index contributed by atoms with van der Waals surface area (Å²) in [4.78, 5) is 27.0. The van der Waals surface area contributed by atoms with Crippen LogP contribution in [0.15, 0.2) is 47.4 Å². The Balaban J connectivity index is 1.37. The molecule has 9 heteroatoms. The van der Waals surface area contributed by atoms with Crippen molar-refractivity contribution in [3.63, 3.8) is 0 Å². The monoisotopic (exact) mass is 442 g/mol. The molecule has 2 aliphatic heterocycles. The molecule has 0 saturated carbocycles. The van der Waals surface area contributed by atoms with E-state index in [-0.39, 0.29) is 31.6 Å². The number of hydrogen-bond donors (Lipinski definition) is 1. The van der Waals surface area contributed by atoms with Crippen LogP contribution in [0, 0.1) is 0 Å². The second-order valence-electron chi connectivity index (χ2n) is 6.48. The molecule has 0 spiro atoms. The number of carbonyl (C=O) groups is 2. The molecule has 2 aromatic carbocycles. The van der Waals surface area contributed by atoms with E-state index >= 15 is 0 Å². The van der Waals surface area contributed by atoms with Crippen LogP contribution in [0.4, 0.5) is 5.69 Å². The topological polar surface area (TPSA) is 77.1 Å². The van der Waals surface area contributed by atoms with Crippen molar-refractivity contribution in [2.45, 2.75) is 6.42 Å². The van der Waals surface area contributed by atoms with E-state index in [1.165, 1.54) is 16.7 Å². The van der Waals surface area contributed by atoms with Gasteiger partial charge in [-0.3, -0.25) is 14.5 Å². The Kier molecular flexibility index (Phi) is 5.91. The quantitative estimate of drug-likeness (QED) is 0.540. The Labute approximate surface area is 183 Å². The average molecular weight is 443 g/mol. The molecule has 1 saturated heterocycles. The first kappa shape index (κ1) is 20.2. The highest BCUT2D eigenvalue weighted by molar-refractivity contribution is 8.26. The summed E-state index contributed by atoms with van der Waals surface area (Å²) in [7, 11) is 1.56. The zero-order valence-corrected chi connectivity index (χ0v) is 17.7. The lowest BCUT2D eigenvalue weighted by atomic mass is 10.2. The third-order valence-electron chi connectivity index (χ3n) is 4.48. The van der Waals surface area contributed by atoms with E-state index in [9.17, 15) is 9.59 Å². The van der Waals surface area contributed by atoms with Crippen molar-refractivity contribution in [1.29, 1.82) is 0 Å². The van der Waals surface area contributed by atoms with E-state index in [4.69, 9.17) is 26.4 Å². The van der Waals surface area contributed by atoms with Crippen LogP contribution in [0.2, 0.25) is 0 Å². The summed E-state index contributed by atoms with van der Waals surface area (Å²) in [6, 6.07) is 12.6. The Morgan fingerprint density at radius 1 is 1.27 bits per heavy atom. The number of thiocarbonyl (C=S) groups is 1. The third-order valence-corrected chi connectivity index (χ3v) is 5.86. The predicted octanol–water partition coefficient (Wildman–Crippen LogP) is 3.65. The molecule has 0 bridgehead atoms. The Morgan fingerprint density at radius 3 is 2.93 bits per heavy atom. The molecule has 0 unspecified atom stereocenters. The van der Waals surface area contributed by atoms with Crippen molar-refractivity contribution >= 4 is 51.9 Å². The van der Waals surface area contributed by atoms with Crippen LogP contribution in [-0.4, -0.2) is 41.5 Å². The second-order valence-corrected chi connectivity index (χ2v) is 8.15. The maximum absolute atomic E-state index is 12.8. The zero-order valence-electron chi connectivity index (χ0n) is 16.0. The predicted molar refractivity (Wildman–Crippen MR) is 119 cm³/mol. The normalized spacial score (nSPS) is 16.3. The average Bonchev–Trinajstić information content (AvgIpc) is 3.31. The molecule has 2 aromatic rings. The van der Waals surface area contributed by atoms with Gasteiger partial charge in [0.25, 0.3) is 5.91 Å². The highest BCUT2D eigenvalue weighted by Crippen LogP contribution is 2.36. The number of nitrogens with one attached hydrogen (secondary N) is 1. The molecule has 1 fully saturated rings. The molecule has 1 N–H and O–H groups in total. The van der Waals surface area contributed by atoms with Gasteiger partial charge in [0.05, 0.1) is 12.0 Å². The van der Waals surface area contributed by atoms with Gasteiger partial charge in [-0.2, -0.15) is 0 Å². The number of thioether (sulfide) groups is 1. The van der Waals surface area contributed by atoms with Crippen LogP contribution < -0.4 is 19.5 Å². The van der Waals surface area contributed by atoms with Crippen LogP contribution >= 0.6 is 24.0 Å². The van der Waals surface area contributed by atoms with Gasteiger partial charge >= 0.3 is 0 Å². The summed E-state index contributed by atoms with van der Waals surface area (Å²) in [5.41, 5.74) is 1.45. The smallest absolute Gasteiger partial charge is 0.266 e. The fraction of sp³-hybridized carbons (Fsp3) is 0.190. The van der Waals surface area contributed by atoms with Gasteiger partial charge in [0.15, 0.2) is 11.5 Å². The van der Waals surface area contributed by atoms with Crippen LogP contribution in [0.5, 0.6) is 17.2 Å². The Morgan fingerprint density at radius 2 is 2.10 bits per heavy atom. The van der Waals surface area contributed by atoms with Gasteiger partial charge in [0.1, 0.15) is 10.1 Å². The fourth-order valence-electron chi connectivity index (χ4n) is 2.98. The van der Waals surface area contributed by atoms with Crippen molar-refractivity contribution in [2.24, 2.45) is 0 Å². The number of carbonyl (C=O) groups excluding carboxylic acids is 2. The van der Waals surface area contributed by atoms with Crippen molar-refractivity contribution in [3.8, 4) is 17.2 Å². The fourth-order valence-corrected chi connectivity index (χ4v) is 4.29. The number of methoxy groups -OCH3 is 1. The van der Waals surface area contributed by atoms with Crippen molar-refractivity contribution in [3.05, 3.63) is 52.9 Å². The van der Waals surface area contributed by atoms with E-state index in [2.05, 4.69) is 5.32 Å². The van der Waals surface area contributed by atoms with Crippen LogP contribution in [0.1, 0.15) is 12.0 Å². The maximum atomic E-state index is 12.8. The Bertz CT molecular complexity index is 1050. The lowest BCUT2D eigenvalue weighted by Crippen LogP contribution is -2.31. The third kappa shape index (κ3) is 4.42. The number of anilines is 1. The molecule has 0 aromatic heterocycles. The standard InChI is InChI=1S/C21H18N2O5S2/c1-26-15-4-2-3-14(11-15)22-19(24)7-8-23-20(25)18(30-21(23)29)10-13-5-6-16-17(9-13)28-12-27-16/h2-6,9-11H,7-8,12H2,1H3,(H,22,24). The summed E-state index contributed by atoms with van der Waals surface area (Å²) in [5, 5.41) is 2.80. The molecular weight excluding hydrogens is 424 g/mol. The zero-order chi connectivity index (χ0) is 21.1. The minimum absolute atomic E-state index is 0.126. The summed E-state index contributed by atoms with van der Waals surface area (Å²) < 4.78 is 16.2. The van der Waals surface area contributed by atoms with Gasteiger partial charge in [-0.25, -0.2) is 0 Å². The SMILES string of the molecule is COc1cccc(NC(=O)CCN2C(=O)C(=Cc3ccc4c(c3)OCO4)SC2=S)c1. The summed E-state index contributed by atoms with van der Waals surface area (Å²) in [5.74, 6) is 1.56. The van der Waals surface area contributed by atoms with E-state index in [1.807, 2.05) is 12.1 Å².